The van der Waals surface area contributed by atoms with Crippen LogP contribution in [-0.2, 0) is 18.3 Å². The van der Waals surface area contributed by atoms with Crippen LogP contribution in [0, 0.1) is 0 Å². The predicted molar refractivity (Wildman–Crippen MR) is 78.1 cm³/mol. The second kappa shape index (κ2) is 6.15. The molecule has 0 fully saturated rings. The van der Waals surface area contributed by atoms with E-state index >= 15 is 0 Å². The largest absolute Gasteiger partial charge is 0.383 e. The van der Waals surface area contributed by atoms with Crippen LogP contribution in [-0.4, -0.2) is 51.0 Å². The van der Waals surface area contributed by atoms with Gasteiger partial charge in [-0.3, -0.25) is 9.58 Å². The fourth-order valence-electron chi connectivity index (χ4n) is 1.93. The zero-order valence-electron chi connectivity index (χ0n) is 12.5. The Morgan fingerprint density at radius 2 is 2.15 bits per heavy atom. The molecule has 0 aromatic carbocycles. The number of nitrogens with zero attached hydrogens (tertiary/aromatic N) is 5. The Labute approximate surface area is 118 Å². The van der Waals surface area contributed by atoms with Crippen LogP contribution in [0.2, 0.25) is 0 Å². The average Bonchev–Trinajstić information content (AvgIpc) is 2.71. The Morgan fingerprint density at radius 3 is 2.85 bits per heavy atom. The van der Waals surface area contributed by atoms with E-state index in [1.165, 1.54) is 0 Å². The van der Waals surface area contributed by atoms with Gasteiger partial charge in [0.1, 0.15) is 11.6 Å². The molecule has 0 saturated carbocycles. The minimum Gasteiger partial charge on any atom is -0.383 e. The number of aryl methyl sites for hydroxylation is 1. The fraction of sp³-hybridized carbons (Fsp3) is 0.615. The number of nitrogens with two attached hydrogens (primary N) is 1. The summed E-state index contributed by atoms with van der Waals surface area (Å²) >= 11 is 0. The first kappa shape index (κ1) is 14.7. The molecule has 2 heterocycles. The second-order valence-corrected chi connectivity index (χ2v) is 5.19. The molecule has 2 aromatic rings. The highest BCUT2D eigenvalue weighted by Gasteiger charge is 2.10. The number of ether oxygens (including phenoxy) is 1. The van der Waals surface area contributed by atoms with Crippen LogP contribution in [0.4, 0.5) is 5.82 Å². The van der Waals surface area contributed by atoms with Gasteiger partial charge in [-0.2, -0.15) is 5.10 Å². The van der Waals surface area contributed by atoms with Gasteiger partial charge >= 0.3 is 0 Å². The van der Waals surface area contributed by atoms with Crippen molar-refractivity contribution in [3.8, 4) is 0 Å². The van der Waals surface area contributed by atoms with Gasteiger partial charge < -0.3 is 10.5 Å². The lowest BCUT2D eigenvalue weighted by molar-refractivity contribution is 0.0623. The highest BCUT2D eigenvalue weighted by molar-refractivity contribution is 5.84. The monoisotopic (exact) mass is 278 g/mol. The lowest BCUT2D eigenvalue weighted by Crippen LogP contribution is -2.25. The normalized spacial score (nSPS) is 11.9. The van der Waals surface area contributed by atoms with Crippen molar-refractivity contribution in [2.75, 3.05) is 25.9 Å². The summed E-state index contributed by atoms with van der Waals surface area (Å²) in [7, 11) is 3.86. The Hall–Kier alpha value is -1.73. The van der Waals surface area contributed by atoms with Crippen LogP contribution in [0.25, 0.3) is 11.0 Å². The maximum absolute atomic E-state index is 5.94. The van der Waals surface area contributed by atoms with Crippen molar-refractivity contribution in [3.63, 3.8) is 0 Å². The van der Waals surface area contributed by atoms with Gasteiger partial charge in [-0.25, -0.2) is 9.97 Å². The van der Waals surface area contributed by atoms with E-state index in [0.717, 1.165) is 17.6 Å². The van der Waals surface area contributed by atoms with Gasteiger partial charge in [0, 0.05) is 13.6 Å². The molecular weight excluding hydrogens is 256 g/mol. The Kier molecular flexibility index (Phi) is 4.51. The number of fused-ring (bicyclic) bond motifs is 1. The van der Waals surface area contributed by atoms with Crippen LogP contribution < -0.4 is 5.73 Å². The molecule has 2 N–H and O–H groups in total. The first-order valence-electron chi connectivity index (χ1n) is 6.71. The summed E-state index contributed by atoms with van der Waals surface area (Å²) in [5.41, 5.74) is 6.70. The molecule has 0 saturated heterocycles. The van der Waals surface area contributed by atoms with Crippen LogP contribution in [0.1, 0.15) is 19.7 Å². The molecule has 0 spiro atoms. The van der Waals surface area contributed by atoms with Gasteiger partial charge in [0.15, 0.2) is 5.65 Å². The standard InChI is InChI=1S/C13H22N6O/c1-9(2)20-6-5-18(3)8-11-16-12(14)10-7-15-19(4)13(10)17-11/h7,9H,5-6,8H2,1-4H3,(H2,14,16,17). The van der Waals surface area contributed by atoms with E-state index in [0.29, 0.717) is 24.8 Å². The molecule has 0 aliphatic carbocycles. The van der Waals surface area contributed by atoms with Crippen molar-refractivity contribution >= 4 is 16.9 Å². The maximum Gasteiger partial charge on any atom is 0.163 e. The summed E-state index contributed by atoms with van der Waals surface area (Å²) in [6.45, 7) is 6.20. The Balaban J connectivity index is 2.04. The summed E-state index contributed by atoms with van der Waals surface area (Å²) in [4.78, 5) is 10.9. The quantitative estimate of drug-likeness (QED) is 0.841. The fourth-order valence-corrected chi connectivity index (χ4v) is 1.93. The molecule has 0 aliphatic rings. The molecule has 7 heteroatoms. The zero-order valence-corrected chi connectivity index (χ0v) is 12.5. The lowest BCUT2D eigenvalue weighted by Gasteiger charge is -2.17. The number of rotatable bonds is 6. The van der Waals surface area contributed by atoms with Crippen molar-refractivity contribution in [1.82, 2.24) is 24.6 Å². The topological polar surface area (TPSA) is 82.1 Å². The maximum atomic E-state index is 5.94. The van der Waals surface area contributed by atoms with E-state index in [-0.39, 0.29) is 6.10 Å². The number of aromatic nitrogens is 4. The molecule has 0 bridgehead atoms. The molecule has 0 aliphatic heterocycles. The molecule has 2 rings (SSSR count). The molecule has 7 nitrogen and oxygen atoms in total. The second-order valence-electron chi connectivity index (χ2n) is 5.19. The molecule has 2 aromatic heterocycles. The van der Waals surface area contributed by atoms with E-state index in [9.17, 15) is 0 Å². The van der Waals surface area contributed by atoms with Crippen LogP contribution in [0.15, 0.2) is 6.20 Å². The minimum absolute atomic E-state index is 0.251. The first-order chi connectivity index (χ1) is 9.47. The van der Waals surface area contributed by atoms with Crippen molar-refractivity contribution in [2.24, 2.45) is 7.05 Å². The van der Waals surface area contributed by atoms with Crippen molar-refractivity contribution < 1.29 is 4.74 Å². The third-order valence-corrected chi connectivity index (χ3v) is 3.00. The number of likely N-dealkylation sites (N-methyl/N-ethyl adjacent to an activating group) is 1. The molecule has 110 valence electrons. The van der Waals surface area contributed by atoms with Gasteiger partial charge in [0.2, 0.25) is 0 Å². The number of anilines is 1. The van der Waals surface area contributed by atoms with Crippen LogP contribution in [0.5, 0.6) is 0 Å². The Morgan fingerprint density at radius 1 is 1.40 bits per heavy atom. The molecule has 0 amide bonds. The molecule has 0 unspecified atom stereocenters. The highest BCUT2D eigenvalue weighted by atomic mass is 16.5. The predicted octanol–water partition coefficient (Wildman–Crippen LogP) is 0.802. The van der Waals surface area contributed by atoms with Gasteiger partial charge in [0.25, 0.3) is 0 Å². The summed E-state index contributed by atoms with van der Waals surface area (Å²) in [5.74, 6) is 1.18. The van der Waals surface area contributed by atoms with Crippen molar-refractivity contribution in [2.45, 2.75) is 26.5 Å². The van der Waals surface area contributed by atoms with E-state index in [2.05, 4.69) is 20.0 Å². The van der Waals surface area contributed by atoms with Gasteiger partial charge in [-0.15, -0.1) is 0 Å². The summed E-state index contributed by atoms with van der Waals surface area (Å²) < 4.78 is 7.24. The van der Waals surface area contributed by atoms with Crippen LogP contribution in [0.3, 0.4) is 0 Å². The number of hydrogen-bond acceptors (Lipinski definition) is 6. The number of hydrogen-bond donors (Lipinski definition) is 1. The Bertz CT molecular complexity index is 579. The molecule has 20 heavy (non-hydrogen) atoms. The molecule has 0 atom stereocenters. The summed E-state index contributed by atoms with van der Waals surface area (Å²) in [6, 6.07) is 0. The average molecular weight is 278 g/mol. The molecular formula is C13H22N6O. The van der Waals surface area contributed by atoms with Gasteiger partial charge in [-0.05, 0) is 20.9 Å². The lowest BCUT2D eigenvalue weighted by atomic mass is 10.4. The SMILES string of the molecule is CC(C)OCCN(C)Cc1nc(N)c2cnn(C)c2n1. The van der Waals surface area contributed by atoms with E-state index in [4.69, 9.17) is 10.5 Å². The zero-order chi connectivity index (χ0) is 14.7. The van der Waals surface area contributed by atoms with Crippen LogP contribution >= 0.6 is 0 Å². The number of nitrogen functional groups attached to an aromatic ring is 1. The third-order valence-electron chi connectivity index (χ3n) is 3.00. The van der Waals surface area contributed by atoms with Gasteiger partial charge in [-0.1, -0.05) is 0 Å². The third kappa shape index (κ3) is 3.43. The van der Waals surface area contributed by atoms with Gasteiger partial charge in [0.05, 0.1) is 30.8 Å². The van der Waals surface area contributed by atoms with E-state index in [1.54, 1.807) is 10.9 Å². The summed E-state index contributed by atoms with van der Waals surface area (Å²) in [5, 5.41) is 4.94. The smallest absolute Gasteiger partial charge is 0.163 e. The minimum atomic E-state index is 0.251. The molecule has 0 radical (unpaired) electrons. The van der Waals surface area contributed by atoms with Crippen molar-refractivity contribution in [1.29, 1.82) is 0 Å². The van der Waals surface area contributed by atoms with E-state index in [1.807, 2.05) is 27.9 Å². The highest BCUT2D eigenvalue weighted by Crippen LogP contribution is 2.16. The summed E-state index contributed by atoms with van der Waals surface area (Å²) in [6.07, 6.45) is 1.94. The first-order valence-corrected chi connectivity index (χ1v) is 6.71. The van der Waals surface area contributed by atoms with E-state index < -0.39 is 0 Å². The van der Waals surface area contributed by atoms with Crippen molar-refractivity contribution in [3.05, 3.63) is 12.0 Å².